The van der Waals surface area contributed by atoms with Gasteiger partial charge in [-0.2, -0.15) is 8.42 Å². The Labute approximate surface area is 219 Å². The third kappa shape index (κ3) is 4.68. The lowest BCUT2D eigenvalue weighted by atomic mass is 9.44. The van der Waals surface area contributed by atoms with Gasteiger partial charge in [-0.25, -0.2) is 4.18 Å². The lowest BCUT2D eigenvalue weighted by Crippen LogP contribution is -2.59. The van der Waals surface area contributed by atoms with Crippen molar-refractivity contribution in [2.75, 3.05) is 6.61 Å². The van der Waals surface area contributed by atoms with Gasteiger partial charge in [0.05, 0.1) is 0 Å². The van der Waals surface area contributed by atoms with Crippen molar-refractivity contribution in [3.05, 3.63) is 0 Å². The molecule has 4 aliphatic carbocycles. The normalized spacial score (nSPS) is 43.4. The predicted molar refractivity (Wildman–Crippen MR) is 141 cm³/mol. The summed E-state index contributed by atoms with van der Waals surface area (Å²) in [5.74, 6) is 1.29. The Balaban J connectivity index is 1.48. The summed E-state index contributed by atoms with van der Waals surface area (Å²) in [6.07, 6.45) is 8.88. The van der Waals surface area contributed by atoms with Crippen LogP contribution in [0.15, 0.2) is 0 Å². The van der Waals surface area contributed by atoms with E-state index < -0.39 is 42.1 Å². The highest BCUT2D eigenvalue weighted by Crippen LogP contribution is 2.68. The highest BCUT2D eigenvalue weighted by molar-refractivity contribution is 7.80. The van der Waals surface area contributed by atoms with Gasteiger partial charge in [0.15, 0.2) is 14.1 Å². The van der Waals surface area contributed by atoms with E-state index in [0.717, 1.165) is 38.5 Å². The molecular weight excluding hydrogens is 496 g/mol. The number of carbonyl (C=O) groups is 1. The summed E-state index contributed by atoms with van der Waals surface area (Å²) in [7, 11) is -6.53. The van der Waals surface area contributed by atoms with E-state index in [-0.39, 0.29) is 16.4 Å². The van der Waals surface area contributed by atoms with Crippen molar-refractivity contribution in [3.63, 3.8) is 0 Å². The molecule has 4 aliphatic rings. The van der Waals surface area contributed by atoms with Gasteiger partial charge in [0.1, 0.15) is 12.2 Å². The second kappa shape index (κ2) is 9.12. The Morgan fingerprint density at radius 1 is 1.00 bits per heavy atom. The Bertz CT molecular complexity index is 975. The summed E-state index contributed by atoms with van der Waals surface area (Å²) in [6, 6.07) is 0. The van der Waals surface area contributed by atoms with Crippen molar-refractivity contribution < 1.29 is 31.5 Å². The van der Waals surface area contributed by atoms with Crippen LogP contribution in [0.2, 0.25) is 18.1 Å². The predicted octanol–water partition coefficient (Wildman–Crippen LogP) is 5.54. The number of rotatable bonds is 6. The zero-order valence-electron chi connectivity index (χ0n) is 23.3. The van der Waals surface area contributed by atoms with Crippen molar-refractivity contribution in [2.24, 2.45) is 34.5 Å². The third-order valence-corrected chi connectivity index (χ3v) is 16.8. The van der Waals surface area contributed by atoms with Crippen molar-refractivity contribution in [3.8, 4) is 0 Å². The molecule has 4 fully saturated rings. The molecular formula is C27H48O7SSi. The molecule has 0 heterocycles. The van der Waals surface area contributed by atoms with E-state index in [0.29, 0.717) is 30.3 Å². The van der Waals surface area contributed by atoms with Gasteiger partial charge < -0.3 is 9.53 Å². The minimum atomic E-state index is -4.73. The van der Waals surface area contributed by atoms with Crippen molar-refractivity contribution in [1.29, 1.82) is 0 Å². The van der Waals surface area contributed by atoms with Gasteiger partial charge in [-0.15, -0.1) is 0 Å². The summed E-state index contributed by atoms with van der Waals surface area (Å²) in [5.41, 5.74) is -1.95. The monoisotopic (exact) mass is 544 g/mol. The van der Waals surface area contributed by atoms with Gasteiger partial charge in [0.25, 0.3) is 0 Å². The second-order valence-electron chi connectivity index (χ2n) is 14.4. The molecule has 0 unspecified atom stereocenters. The molecule has 0 aliphatic heterocycles. The van der Waals surface area contributed by atoms with Crippen LogP contribution in [-0.4, -0.2) is 50.5 Å². The van der Waals surface area contributed by atoms with Crippen molar-refractivity contribution >= 4 is 24.5 Å². The molecule has 0 bridgehead atoms. The molecule has 0 spiro atoms. The van der Waals surface area contributed by atoms with Gasteiger partial charge >= 0.3 is 10.4 Å². The molecule has 0 radical (unpaired) electrons. The highest BCUT2D eigenvalue weighted by atomic mass is 32.3. The van der Waals surface area contributed by atoms with Crippen molar-refractivity contribution in [2.45, 2.75) is 122 Å². The SMILES string of the molecule is CC(C)(C)[Si](C)(C)O[C@@H]1CC[C@@]2(C)[C@H](CC[C@@H]3[C@@H]2CC[C@@]2(C)[C@H]3CC[C@]2(O)C(=O)COS(=O)(=O)O)C1. The fourth-order valence-electron chi connectivity index (χ4n) is 8.64. The Kier molecular flexibility index (Phi) is 7.26. The number of fused-ring (bicyclic) bond motifs is 5. The molecule has 0 aromatic rings. The van der Waals surface area contributed by atoms with E-state index in [2.05, 4.69) is 45.0 Å². The molecule has 0 aromatic heterocycles. The van der Waals surface area contributed by atoms with Crippen LogP contribution in [0.3, 0.4) is 0 Å². The Morgan fingerprint density at radius 2 is 1.64 bits per heavy atom. The maximum absolute atomic E-state index is 13.0. The molecule has 0 saturated heterocycles. The van der Waals surface area contributed by atoms with E-state index in [9.17, 15) is 18.3 Å². The minimum absolute atomic E-state index is 0.211. The number of hydrogen-bond donors (Lipinski definition) is 2. The first kappa shape index (κ1) is 28.7. The molecule has 8 atom stereocenters. The fraction of sp³-hybridized carbons (Fsp3) is 0.963. The lowest BCUT2D eigenvalue weighted by Gasteiger charge is -2.62. The zero-order valence-corrected chi connectivity index (χ0v) is 25.1. The summed E-state index contributed by atoms with van der Waals surface area (Å²) in [6.45, 7) is 15.3. The van der Waals surface area contributed by atoms with Gasteiger partial charge in [0.2, 0.25) is 0 Å². The first-order chi connectivity index (χ1) is 16.3. The molecule has 36 heavy (non-hydrogen) atoms. The van der Waals surface area contributed by atoms with Crippen LogP contribution in [0.4, 0.5) is 0 Å². The maximum atomic E-state index is 13.0. The van der Waals surface area contributed by atoms with E-state index in [1.807, 2.05) is 6.92 Å². The summed E-state index contributed by atoms with van der Waals surface area (Å²) in [4.78, 5) is 13.0. The van der Waals surface area contributed by atoms with Crippen LogP contribution >= 0.6 is 0 Å². The van der Waals surface area contributed by atoms with Gasteiger partial charge in [-0.05, 0) is 105 Å². The van der Waals surface area contributed by atoms with Gasteiger partial charge in [-0.3, -0.25) is 9.35 Å². The number of aliphatic hydroxyl groups is 1. The first-order valence-electron chi connectivity index (χ1n) is 13.9. The number of hydrogen-bond acceptors (Lipinski definition) is 6. The van der Waals surface area contributed by atoms with E-state index in [1.165, 1.54) is 12.8 Å². The summed E-state index contributed by atoms with van der Waals surface area (Å²) in [5, 5.41) is 11.8. The number of Topliss-reactive ketones (excluding diaryl/α,β-unsaturated/α-hetero) is 1. The molecule has 9 heteroatoms. The van der Waals surface area contributed by atoms with Gasteiger partial charge in [0, 0.05) is 11.5 Å². The second-order valence-corrected chi connectivity index (χ2v) is 20.2. The molecule has 2 N–H and O–H groups in total. The maximum Gasteiger partial charge on any atom is 0.397 e. The molecule has 7 nitrogen and oxygen atoms in total. The lowest BCUT2D eigenvalue weighted by molar-refractivity contribution is -0.173. The zero-order chi connectivity index (χ0) is 26.9. The standard InChI is InChI=1S/C27H48O7SSi/c1-24(2,3)36(6,7)34-19-10-13-25(4)18(16-19)8-9-20-21(25)11-14-26(5)22(20)12-15-27(26,29)23(28)17-33-35(30,31)32/h18-22,29H,8-17H2,1-7H3,(H,30,31,32)/t18-,19-,20-,21+,22+,25+,26+,27+/m1/s1. The largest absolute Gasteiger partial charge is 0.414 e. The van der Waals surface area contributed by atoms with Crippen LogP contribution in [0.25, 0.3) is 0 Å². The van der Waals surface area contributed by atoms with Crippen LogP contribution in [0, 0.1) is 34.5 Å². The van der Waals surface area contributed by atoms with Crippen molar-refractivity contribution in [1.82, 2.24) is 0 Å². The number of carbonyl (C=O) groups excluding carboxylic acids is 1. The quantitative estimate of drug-likeness (QED) is 0.334. The fourth-order valence-corrected chi connectivity index (χ4v) is 10.3. The molecule has 4 rings (SSSR count). The van der Waals surface area contributed by atoms with Gasteiger partial charge in [-0.1, -0.05) is 34.6 Å². The average Bonchev–Trinajstić information content (AvgIpc) is 3.03. The first-order valence-corrected chi connectivity index (χ1v) is 18.2. The minimum Gasteiger partial charge on any atom is -0.414 e. The average molecular weight is 545 g/mol. The molecule has 0 amide bonds. The third-order valence-electron chi connectivity index (χ3n) is 11.8. The van der Waals surface area contributed by atoms with Crippen LogP contribution < -0.4 is 0 Å². The van der Waals surface area contributed by atoms with E-state index in [4.69, 9.17) is 8.98 Å². The Hall–Kier alpha value is -0.323. The van der Waals surface area contributed by atoms with Crippen LogP contribution in [0.5, 0.6) is 0 Å². The summed E-state index contributed by atoms with van der Waals surface area (Å²) < 4.78 is 42.2. The molecule has 0 aromatic carbocycles. The van der Waals surface area contributed by atoms with Crippen LogP contribution in [0.1, 0.15) is 92.4 Å². The van der Waals surface area contributed by atoms with Crippen LogP contribution in [-0.2, 0) is 23.8 Å². The topological polar surface area (TPSA) is 110 Å². The highest BCUT2D eigenvalue weighted by Gasteiger charge is 2.66. The molecule has 208 valence electrons. The molecule has 4 saturated carbocycles. The smallest absolute Gasteiger partial charge is 0.397 e. The van der Waals surface area contributed by atoms with E-state index in [1.54, 1.807) is 0 Å². The number of ketones is 1. The van der Waals surface area contributed by atoms with E-state index >= 15 is 0 Å². The summed E-state index contributed by atoms with van der Waals surface area (Å²) >= 11 is 0. The Morgan fingerprint density at radius 3 is 2.25 bits per heavy atom.